The molecular weight excluding hydrogens is 400 g/mol. The summed E-state index contributed by atoms with van der Waals surface area (Å²) in [7, 11) is 3.27. The Morgan fingerprint density at radius 1 is 0.625 bits per heavy atom. The van der Waals surface area contributed by atoms with E-state index in [0.717, 1.165) is 44.9 Å². The number of aromatic nitrogens is 2. The first-order valence-corrected chi connectivity index (χ1v) is 10.3. The molecule has 32 heavy (non-hydrogen) atoms. The van der Waals surface area contributed by atoms with Crippen LogP contribution in [0.15, 0.2) is 73.1 Å². The first-order chi connectivity index (χ1) is 15.6. The van der Waals surface area contributed by atoms with Gasteiger partial charge in [-0.15, -0.1) is 0 Å². The van der Waals surface area contributed by atoms with Crippen LogP contribution in [0.4, 0.5) is 0 Å². The van der Waals surface area contributed by atoms with E-state index in [1.54, 1.807) is 26.6 Å². The minimum atomic E-state index is -0.214. The van der Waals surface area contributed by atoms with Crippen molar-refractivity contribution in [2.24, 2.45) is 0 Å². The number of methoxy groups -OCH3 is 2. The first kappa shape index (κ1) is 21.2. The molecule has 2 aromatic heterocycles. The molecule has 0 unspecified atom stereocenters. The van der Waals surface area contributed by atoms with Crippen molar-refractivity contribution in [3.8, 4) is 33.8 Å². The molecule has 0 saturated carbocycles. The van der Waals surface area contributed by atoms with Crippen molar-refractivity contribution >= 4 is 5.78 Å². The molecule has 0 aliphatic carbocycles. The van der Waals surface area contributed by atoms with Gasteiger partial charge in [0.1, 0.15) is 22.9 Å². The molecule has 0 amide bonds. The molecule has 4 rings (SSSR count). The average molecular weight is 425 g/mol. The Morgan fingerprint density at radius 2 is 1.03 bits per heavy atom. The lowest BCUT2D eigenvalue weighted by Crippen LogP contribution is -2.12. The molecular formula is C27H24N2O3. The van der Waals surface area contributed by atoms with E-state index in [1.807, 2.05) is 74.5 Å². The van der Waals surface area contributed by atoms with Gasteiger partial charge in [0.2, 0.25) is 5.78 Å². The summed E-state index contributed by atoms with van der Waals surface area (Å²) in [4.78, 5) is 22.4. The fourth-order valence-electron chi connectivity index (χ4n) is 3.96. The summed E-state index contributed by atoms with van der Waals surface area (Å²) in [5.74, 6) is 1.27. The van der Waals surface area contributed by atoms with Crippen LogP contribution in [-0.4, -0.2) is 30.0 Å². The highest BCUT2D eigenvalue weighted by atomic mass is 16.5. The van der Waals surface area contributed by atoms with E-state index in [4.69, 9.17) is 9.47 Å². The Bertz CT molecular complexity index is 1200. The van der Waals surface area contributed by atoms with Crippen molar-refractivity contribution in [3.05, 3.63) is 95.6 Å². The molecule has 0 aliphatic rings. The van der Waals surface area contributed by atoms with Gasteiger partial charge in [-0.05, 0) is 60.4 Å². The number of nitrogens with zero attached hydrogens (tertiary/aromatic N) is 2. The topological polar surface area (TPSA) is 61.3 Å². The number of para-hydroxylation sites is 2. The Kier molecular flexibility index (Phi) is 5.99. The predicted molar refractivity (Wildman–Crippen MR) is 125 cm³/mol. The standard InChI is InChI=1S/C27H24N2O3/c1-17-19(21-9-5-7-11-23(21)31-3)13-15-28-25(17)27(30)26-18(2)20(14-16-29-26)22-10-6-8-12-24(22)32-4/h5-16H,1-4H3. The van der Waals surface area contributed by atoms with Gasteiger partial charge in [-0.3, -0.25) is 14.8 Å². The van der Waals surface area contributed by atoms with Crippen molar-refractivity contribution < 1.29 is 14.3 Å². The number of pyridine rings is 2. The van der Waals surface area contributed by atoms with E-state index in [-0.39, 0.29) is 5.78 Å². The van der Waals surface area contributed by atoms with Crippen LogP contribution in [0.2, 0.25) is 0 Å². The highest BCUT2D eigenvalue weighted by Crippen LogP contribution is 2.35. The summed E-state index contributed by atoms with van der Waals surface area (Å²) in [5, 5.41) is 0. The fourth-order valence-corrected chi connectivity index (χ4v) is 3.96. The summed E-state index contributed by atoms with van der Waals surface area (Å²) in [6.07, 6.45) is 3.31. The monoisotopic (exact) mass is 424 g/mol. The number of benzene rings is 2. The summed E-state index contributed by atoms with van der Waals surface area (Å²) in [6, 6.07) is 19.3. The van der Waals surface area contributed by atoms with Crippen LogP contribution in [-0.2, 0) is 0 Å². The first-order valence-electron chi connectivity index (χ1n) is 10.3. The normalized spacial score (nSPS) is 10.6. The summed E-state index contributed by atoms with van der Waals surface area (Å²) >= 11 is 0. The van der Waals surface area contributed by atoms with E-state index in [0.29, 0.717) is 11.4 Å². The molecule has 4 aromatic rings. The molecule has 2 heterocycles. The molecule has 0 spiro atoms. The molecule has 0 bridgehead atoms. The number of ketones is 1. The Labute approximate surface area is 187 Å². The molecule has 0 N–H and O–H groups in total. The van der Waals surface area contributed by atoms with E-state index in [1.165, 1.54) is 0 Å². The average Bonchev–Trinajstić information content (AvgIpc) is 2.84. The zero-order valence-electron chi connectivity index (χ0n) is 18.5. The lowest BCUT2D eigenvalue weighted by Gasteiger charge is -2.15. The van der Waals surface area contributed by atoms with Crippen LogP contribution in [0.25, 0.3) is 22.3 Å². The SMILES string of the molecule is COc1ccccc1-c1ccnc(C(=O)c2nccc(-c3ccccc3OC)c2C)c1C. The summed E-state index contributed by atoms with van der Waals surface area (Å²) < 4.78 is 11.0. The molecule has 0 atom stereocenters. The highest BCUT2D eigenvalue weighted by Gasteiger charge is 2.22. The molecule has 0 saturated heterocycles. The molecule has 0 fully saturated rings. The van der Waals surface area contributed by atoms with Gasteiger partial charge in [-0.2, -0.15) is 0 Å². The van der Waals surface area contributed by atoms with Gasteiger partial charge in [-0.25, -0.2) is 0 Å². The van der Waals surface area contributed by atoms with E-state index in [2.05, 4.69) is 9.97 Å². The fraction of sp³-hybridized carbons (Fsp3) is 0.148. The van der Waals surface area contributed by atoms with E-state index in [9.17, 15) is 4.79 Å². The second-order valence-corrected chi connectivity index (χ2v) is 7.39. The minimum absolute atomic E-state index is 0.214. The van der Waals surface area contributed by atoms with Crippen LogP contribution in [0, 0.1) is 13.8 Å². The molecule has 0 radical (unpaired) electrons. The van der Waals surface area contributed by atoms with Crippen LogP contribution < -0.4 is 9.47 Å². The largest absolute Gasteiger partial charge is 0.496 e. The van der Waals surface area contributed by atoms with Crippen LogP contribution >= 0.6 is 0 Å². The van der Waals surface area contributed by atoms with Gasteiger partial charge < -0.3 is 9.47 Å². The number of carbonyl (C=O) groups is 1. The van der Waals surface area contributed by atoms with Gasteiger partial charge in [-0.1, -0.05) is 36.4 Å². The molecule has 2 aromatic carbocycles. The van der Waals surface area contributed by atoms with E-state index < -0.39 is 0 Å². The molecule has 0 aliphatic heterocycles. The zero-order valence-corrected chi connectivity index (χ0v) is 18.5. The third kappa shape index (κ3) is 3.73. The molecule has 5 heteroatoms. The summed E-state index contributed by atoms with van der Waals surface area (Å²) in [6.45, 7) is 3.81. The van der Waals surface area contributed by atoms with Gasteiger partial charge in [0.05, 0.1) is 14.2 Å². The summed E-state index contributed by atoms with van der Waals surface area (Å²) in [5.41, 5.74) is 5.95. The second kappa shape index (κ2) is 9.02. The van der Waals surface area contributed by atoms with Crippen molar-refractivity contribution in [2.75, 3.05) is 14.2 Å². The smallest absolute Gasteiger partial charge is 0.230 e. The number of hydrogen-bond donors (Lipinski definition) is 0. The minimum Gasteiger partial charge on any atom is -0.496 e. The van der Waals surface area contributed by atoms with Gasteiger partial charge in [0.15, 0.2) is 0 Å². The maximum atomic E-state index is 13.6. The number of ether oxygens (including phenoxy) is 2. The number of rotatable bonds is 6. The van der Waals surface area contributed by atoms with Crippen molar-refractivity contribution in [2.45, 2.75) is 13.8 Å². The van der Waals surface area contributed by atoms with Gasteiger partial charge in [0, 0.05) is 23.5 Å². The Balaban J connectivity index is 1.82. The van der Waals surface area contributed by atoms with Crippen LogP contribution in [0.5, 0.6) is 11.5 Å². The third-order valence-electron chi connectivity index (χ3n) is 5.63. The zero-order chi connectivity index (χ0) is 22.7. The maximum Gasteiger partial charge on any atom is 0.230 e. The molecule has 160 valence electrons. The lowest BCUT2D eigenvalue weighted by atomic mass is 9.94. The van der Waals surface area contributed by atoms with Gasteiger partial charge in [0.25, 0.3) is 0 Å². The Hall–Kier alpha value is -3.99. The van der Waals surface area contributed by atoms with Crippen LogP contribution in [0.3, 0.4) is 0 Å². The van der Waals surface area contributed by atoms with Gasteiger partial charge >= 0.3 is 0 Å². The third-order valence-corrected chi connectivity index (χ3v) is 5.63. The van der Waals surface area contributed by atoms with Crippen molar-refractivity contribution in [1.29, 1.82) is 0 Å². The van der Waals surface area contributed by atoms with Crippen molar-refractivity contribution in [1.82, 2.24) is 9.97 Å². The maximum absolute atomic E-state index is 13.6. The van der Waals surface area contributed by atoms with E-state index >= 15 is 0 Å². The van der Waals surface area contributed by atoms with Crippen LogP contribution in [0.1, 0.15) is 27.3 Å². The Morgan fingerprint density at radius 3 is 1.44 bits per heavy atom. The number of hydrogen-bond acceptors (Lipinski definition) is 5. The quantitative estimate of drug-likeness (QED) is 0.373. The van der Waals surface area contributed by atoms with Crippen molar-refractivity contribution in [3.63, 3.8) is 0 Å². The lowest BCUT2D eigenvalue weighted by molar-refractivity contribution is 0.102. The highest BCUT2D eigenvalue weighted by molar-refractivity contribution is 6.09. The molecule has 5 nitrogen and oxygen atoms in total. The number of carbonyl (C=O) groups excluding carboxylic acids is 1. The predicted octanol–water partition coefficient (Wildman–Crippen LogP) is 5.68. The second-order valence-electron chi connectivity index (χ2n) is 7.39.